The molecule has 0 aliphatic rings. The molecule has 0 atom stereocenters. The average Bonchev–Trinajstić information content (AvgIpc) is 3.20. The van der Waals surface area contributed by atoms with Crippen molar-refractivity contribution in [1.82, 2.24) is 9.78 Å². The molecule has 2 aromatic heterocycles. The van der Waals surface area contributed by atoms with E-state index in [0.29, 0.717) is 18.1 Å². The van der Waals surface area contributed by atoms with Gasteiger partial charge in [-0.15, -0.1) is 0 Å². The molecule has 0 aliphatic heterocycles. The first-order chi connectivity index (χ1) is 12.0. The van der Waals surface area contributed by atoms with Crippen molar-refractivity contribution in [2.75, 3.05) is 7.11 Å². The highest BCUT2D eigenvalue weighted by Crippen LogP contribution is 2.16. The van der Waals surface area contributed by atoms with Crippen molar-refractivity contribution in [2.24, 2.45) is 9.98 Å². The second-order valence-corrected chi connectivity index (χ2v) is 5.73. The molecule has 0 radical (unpaired) electrons. The molecule has 132 valence electrons. The van der Waals surface area contributed by atoms with E-state index in [-0.39, 0.29) is 0 Å². The van der Waals surface area contributed by atoms with Gasteiger partial charge in [-0.05, 0) is 45.9 Å². The van der Waals surface area contributed by atoms with Gasteiger partial charge in [-0.2, -0.15) is 5.10 Å². The fourth-order valence-electron chi connectivity index (χ4n) is 2.07. The topological polar surface area (TPSA) is 64.9 Å². The SMILES string of the molecule is CO/C(C)=C/C=C(\C)Cn1nc(C)cc1/N=C(C)/N=C/c1ccco1. The molecule has 0 spiro atoms. The van der Waals surface area contributed by atoms with Gasteiger partial charge in [-0.25, -0.2) is 14.7 Å². The molecule has 25 heavy (non-hydrogen) atoms. The molecule has 0 aromatic carbocycles. The minimum absolute atomic E-state index is 0.634. The summed E-state index contributed by atoms with van der Waals surface area (Å²) in [7, 11) is 1.66. The summed E-state index contributed by atoms with van der Waals surface area (Å²) in [6, 6.07) is 5.60. The number of aromatic nitrogens is 2. The summed E-state index contributed by atoms with van der Waals surface area (Å²) in [6.45, 7) is 8.41. The van der Waals surface area contributed by atoms with Gasteiger partial charge in [0.15, 0.2) is 5.82 Å². The van der Waals surface area contributed by atoms with Crippen LogP contribution in [0.25, 0.3) is 0 Å². The maximum absolute atomic E-state index is 5.22. The number of rotatable bonds is 6. The average molecular weight is 340 g/mol. The maximum Gasteiger partial charge on any atom is 0.153 e. The van der Waals surface area contributed by atoms with E-state index in [1.165, 1.54) is 0 Å². The smallest absolute Gasteiger partial charge is 0.153 e. The van der Waals surface area contributed by atoms with Crippen LogP contribution < -0.4 is 0 Å². The Kier molecular flexibility index (Phi) is 6.51. The number of amidine groups is 1. The van der Waals surface area contributed by atoms with Gasteiger partial charge in [0.2, 0.25) is 0 Å². The Bertz CT molecular complexity index is 809. The summed E-state index contributed by atoms with van der Waals surface area (Å²) in [5, 5.41) is 4.51. The third-order valence-corrected chi connectivity index (χ3v) is 3.40. The summed E-state index contributed by atoms with van der Waals surface area (Å²) in [6.07, 6.45) is 7.22. The highest BCUT2D eigenvalue weighted by molar-refractivity contribution is 5.93. The summed E-state index contributed by atoms with van der Waals surface area (Å²) in [4.78, 5) is 8.87. The van der Waals surface area contributed by atoms with Crippen LogP contribution in [0.4, 0.5) is 5.82 Å². The molecule has 0 N–H and O–H groups in total. The van der Waals surface area contributed by atoms with Gasteiger partial charge in [0, 0.05) is 6.07 Å². The van der Waals surface area contributed by atoms with E-state index in [1.807, 2.05) is 62.7 Å². The van der Waals surface area contributed by atoms with Crippen LogP contribution in [0.3, 0.4) is 0 Å². The summed E-state index contributed by atoms with van der Waals surface area (Å²) in [5.74, 6) is 2.96. The molecule has 2 rings (SSSR count). The predicted molar refractivity (Wildman–Crippen MR) is 101 cm³/mol. The Balaban J connectivity index is 2.15. The van der Waals surface area contributed by atoms with Gasteiger partial charge in [0.05, 0.1) is 37.6 Å². The Morgan fingerprint density at radius 2 is 2.12 bits per heavy atom. The number of furan rings is 1. The van der Waals surface area contributed by atoms with Crippen molar-refractivity contribution in [1.29, 1.82) is 0 Å². The number of allylic oxidation sites excluding steroid dienone is 4. The first kappa shape index (κ1) is 18.4. The van der Waals surface area contributed by atoms with Crippen LogP contribution in [0.1, 0.15) is 32.2 Å². The molecule has 0 unspecified atom stereocenters. The number of methoxy groups -OCH3 is 1. The fourth-order valence-corrected chi connectivity index (χ4v) is 2.07. The standard InChI is InChI=1S/C19H24N4O2/c1-14(8-9-16(3)24-5)13-23-19(11-15(2)22-23)21-17(4)20-12-18-7-6-10-25-18/h6-12H,13H2,1-5H3/b14-8+,16-9+,20-12+,21-17+. The lowest BCUT2D eigenvalue weighted by Gasteiger charge is -2.05. The van der Waals surface area contributed by atoms with Gasteiger partial charge in [0.25, 0.3) is 0 Å². The van der Waals surface area contributed by atoms with E-state index in [0.717, 1.165) is 22.8 Å². The Morgan fingerprint density at radius 1 is 1.32 bits per heavy atom. The third-order valence-electron chi connectivity index (χ3n) is 3.40. The number of aliphatic imine (C=N–C) groups is 2. The molecular formula is C19H24N4O2. The van der Waals surface area contributed by atoms with E-state index >= 15 is 0 Å². The first-order valence-corrected chi connectivity index (χ1v) is 8.03. The monoisotopic (exact) mass is 340 g/mol. The van der Waals surface area contributed by atoms with E-state index in [2.05, 4.69) is 15.1 Å². The molecule has 0 saturated heterocycles. The molecule has 0 amide bonds. The molecule has 6 heteroatoms. The number of ether oxygens (including phenoxy) is 1. The fraction of sp³-hybridized carbons (Fsp3) is 0.316. The molecule has 2 aromatic rings. The Labute approximate surface area is 148 Å². The van der Waals surface area contributed by atoms with Crippen molar-refractivity contribution in [3.63, 3.8) is 0 Å². The van der Waals surface area contributed by atoms with E-state index in [4.69, 9.17) is 9.15 Å². The van der Waals surface area contributed by atoms with Crippen LogP contribution in [0.15, 0.2) is 62.3 Å². The van der Waals surface area contributed by atoms with Gasteiger partial charge in [0.1, 0.15) is 11.6 Å². The molecule has 2 heterocycles. The lowest BCUT2D eigenvalue weighted by Crippen LogP contribution is -2.02. The highest BCUT2D eigenvalue weighted by Gasteiger charge is 2.05. The zero-order valence-corrected chi connectivity index (χ0v) is 15.4. The lowest BCUT2D eigenvalue weighted by atomic mass is 10.2. The van der Waals surface area contributed by atoms with E-state index in [1.54, 1.807) is 19.6 Å². The summed E-state index contributed by atoms with van der Waals surface area (Å²) >= 11 is 0. The van der Waals surface area contributed by atoms with E-state index in [9.17, 15) is 0 Å². The zero-order valence-electron chi connectivity index (χ0n) is 15.4. The Hall–Kier alpha value is -2.89. The molecule has 0 aliphatic carbocycles. The number of hydrogen-bond acceptors (Lipinski definition) is 4. The number of nitrogens with zero attached hydrogens (tertiary/aromatic N) is 4. The van der Waals surface area contributed by atoms with Gasteiger partial charge >= 0.3 is 0 Å². The van der Waals surface area contributed by atoms with Crippen molar-refractivity contribution < 1.29 is 9.15 Å². The van der Waals surface area contributed by atoms with Gasteiger partial charge < -0.3 is 9.15 Å². The second-order valence-electron chi connectivity index (χ2n) is 5.73. The van der Waals surface area contributed by atoms with Crippen LogP contribution in [0.5, 0.6) is 0 Å². The van der Waals surface area contributed by atoms with Crippen LogP contribution in [-0.2, 0) is 11.3 Å². The lowest BCUT2D eigenvalue weighted by molar-refractivity contribution is 0.293. The number of hydrogen-bond donors (Lipinski definition) is 0. The summed E-state index contributed by atoms with van der Waals surface area (Å²) in [5.41, 5.74) is 2.06. The Morgan fingerprint density at radius 3 is 2.80 bits per heavy atom. The van der Waals surface area contributed by atoms with Crippen molar-refractivity contribution >= 4 is 17.9 Å². The highest BCUT2D eigenvalue weighted by atomic mass is 16.5. The van der Waals surface area contributed by atoms with Crippen molar-refractivity contribution in [3.05, 3.63) is 59.4 Å². The largest absolute Gasteiger partial charge is 0.501 e. The third kappa shape index (κ3) is 5.91. The normalized spacial score (nSPS) is 13.7. The quantitative estimate of drug-likeness (QED) is 0.338. The first-order valence-electron chi connectivity index (χ1n) is 8.03. The molecule has 0 fully saturated rings. The van der Waals surface area contributed by atoms with Gasteiger partial charge in [-0.3, -0.25) is 0 Å². The molecular weight excluding hydrogens is 316 g/mol. The predicted octanol–water partition coefficient (Wildman–Crippen LogP) is 4.45. The number of aryl methyl sites for hydroxylation is 1. The maximum atomic E-state index is 5.22. The van der Waals surface area contributed by atoms with Crippen molar-refractivity contribution in [3.8, 4) is 0 Å². The van der Waals surface area contributed by atoms with Crippen molar-refractivity contribution in [2.45, 2.75) is 34.2 Å². The van der Waals surface area contributed by atoms with E-state index < -0.39 is 0 Å². The van der Waals surface area contributed by atoms with Crippen LogP contribution in [-0.4, -0.2) is 28.9 Å². The summed E-state index contributed by atoms with van der Waals surface area (Å²) < 4.78 is 12.2. The molecule has 0 bridgehead atoms. The van der Waals surface area contributed by atoms with Crippen LogP contribution >= 0.6 is 0 Å². The second kappa shape index (κ2) is 8.82. The molecule has 0 saturated carbocycles. The van der Waals surface area contributed by atoms with Crippen LogP contribution in [0, 0.1) is 6.92 Å². The minimum atomic E-state index is 0.634. The molecule has 6 nitrogen and oxygen atoms in total. The minimum Gasteiger partial charge on any atom is -0.501 e. The zero-order chi connectivity index (χ0) is 18.2. The van der Waals surface area contributed by atoms with Crippen LogP contribution in [0.2, 0.25) is 0 Å². The van der Waals surface area contributed by atoms with Gasteiger partial charge in [-0.1, -0.05) is 11.6 Å².